The van der Waals surface area contributed by atoms with E-state index in [0.29, 0.717) is 5.56 Å². The van der Waals surface area contributed by atoms with Crippen molar-refractivity contribution in [1.82, 2.24) is 4.98 Å². The Hall–Kier alpha value is -3.18. The lowest BCUT2D eigenvalue weighted by molar-refractivity contribution is -0.384. The molecule has 1 aromatic heterocycles. The molecule has 3 aromatic rings. The molecule has 0 saturated carbocycles. The van der Waals surface area contributed by atoms with Gasteiger partial charge in [0, 0.05) is 17.7 Å². The Morgan fingerprint density at radius 1 is 1.17 bits per heavy atom. The normalized spacial score (nSPS) is 12.9. The molecule has 35 heavy (non-hydrogen) atoms. The van der Waals surface area contributed by atoms with Crippen molar-refractivity contribution in [3.8, 4) is 17.2 Å². The van der Waals surface area contributed by atoms with Crippen LogP contribution in [0.5, 0.6) is 17.2 Å². The van der Waals surface area contributed by atoms with E-state index in [2.05, 4.69) is 10.3 Å². The van der Waals surface area contributed by atoms with Crippen molar-refractivity contribution in [2.24, 2.45) is 0 Å². The second-order valence-corrected chi connectivity index (χ2v) is 8.67. The van der Waals surface area contributed by atoms with E-state index >= 15 is 0 Å². The number of nitro groups is 1. The number of aromatic nitrogens is 1. The zero-order valence-corrected chi connectivity index (χ0v) is 20.1. The van der Waals surface area contributed by atoms with Crippen LogP contribution in [0.15, 0.2) is 42.5 Å². The maximum Gasteiger partial charge on any atom is 0.269 e. The van der Waals surface area contributed by atoms with Crippen molar-refractivity contribution in [3.63, 3.8) is 0 Å². The van der Waals surface area contributed by atoms with Crippen LogP contribution in [0.4, 0.5) is 15.9 Å². The van der Waals surface area contributed by atoms with E-state index in [-0.39, 0.29) is 45.3 Å². The van der Waals surface area contributed by atoms with Gasteiger partial charge in [0.15, 0.2) is 11.6 Å². The molecule has 0 aliphatic carbocycles. The van der Waals surface area contributed by atoms with Crippen LogP contribution >= 0.6 is 23.2 Å². The van der Waals surface area contributed by atoms with Crippen molar-refractivity contribution in [2.75, 3.05) is 11.9 Å². The van der Waals surface area contributed by atoms with Gasteiger partial charge in [0.2, 0.25) is 5.95 Å². The third kappa shape index (κ3) is 5.91. The first kappa shape index (κ1) is 26.4. The first-order valence-electron chi connectivity index (χ1n) is 10.4. The van der Waals surface area contributed by atoms with Crippen LogP contribution in [0, 0.1) is 16.1 Å². The third-order valence-electron chi connectivity index (χ3n) is 5.18. The Morgan fingerprint density at radius 2 is 1.83 bits per heavy atom. The van der Waals surface area contributed by atoms with E-state index in [1.165, 1.54) is 36.4 Å². The zero-order chi connectivity index (χ0) is 25.9. The first-order valence-corrected chi connectivity index (χ1v) is 11.1. The summed E-state index contributed by atoms with van der Waals surface area (Å²) < 4.78 is 20.3. The fourth-order valence-corrected chi connectivity index (χ4v) is 3.73. The molecule has 0 saturated heterocycles. The van der Waals surface area contributed by atoms with Crippen LogP contribution in [-0.4, -0.2) is 37.9 Å². The topological polar surface area (TPSA) is 138 Å². The number of hydrogen-bond donors (Lipinski definition) is 4. The molecule has 2 aromatic carbocycles. The Kier molecular flexibility index (Phi) is 8.34. The van der Waals surface area contributed by atoms with Gasteiger partial charge in [-0.3, -0.25) is 10.1 Å². The molecule has 1 heterocycles. The highest BCUT2D eigenvalue weighted by Gasteiger charge is 2.26. The molecular weight excluding hydrogens is 504 g/mol. The molecule has 0 spiro atoms. The van der Waals surface area contributed by atoms with Crippen molar-refractivity contribution in [2.45, 2.75) is 31.9 Å². The number of aromatic hydroxyl groups is 1. The smallest absolute Gasteiger partial charge is 0.269 e. The summed E-state index contributed by atoms with van der Waals surface area (Å²) in [4.78, 5) is 13.9. The maximum absolute atomic E-state index is 14.5. The average Bonchev–Trinajstić information content (AvgIpc) is 2.83. The van der Waals surface area contributed by atoms with E-state index in [4.69, 9.17) is 27.9 Å². The number of anilines is 1. The second-order valence-electron chi connectivity index (χ2n) is 7.91. The fraction of sp³-hybridized carbons (Fsp3) is 0.261. The number of ether oxygens (including phenoxy) is 1. The number of pyridine rings is 1. The third-order valence-corrected chi connectivity index (χ3v) is 5.86. The highest BCUT2D eigenvalue weighted by atomic mass is 35.5. The number of benzene rings is 2. The number of nitro benzene ring substituents is 1. The number of nitrogens with one attached hydrogen (secondary N) is 1. The number of halogens is 3. The molecule has 0 aliphatic heterocycles. The molecule has 0 aliphatic rings. The fourth-order valence-electron chi connectivity index (χ4n) is 3.28. The van der Waals surface area contributed by atoms with E-state index in [0.717, 1.165) is 0 Å². The Balaban J connectivity index is 1.91. The number of nitrogens with zero attached hydrogens (tertiary/aromatic N) is 2. The van der Waals surface area contributed by atoms with Gasteiger partial charge in [-0.25, -0.2) is 0 Å². The quantitative estimate of drug-likeness (QED) is 0.162. The van der Waals surface area contributed by atoms with Crippen LogP contribution in [0.1, 0.15) is 37.0 Å². The number of non-ortho nitro benzene ring substituents is 1. The van der Waals surface area contributed by atoms with Crippen LogP contribution in [-0.2, 0) is 0 Å². The zero-order valence-electron chi connectivity index (χ0n) is 18.6. The van der Waals surface area contributed by atoms with E-state index in [9.17, 15) is 29.8 Å². The van der Waals surface area contributed by atoms with Gasteiger partial charge < -0.3 is 25.4 Å². The Labute approximate surface area is 209 Å². The van der Waals surface area contributed by atoms with Gasteiger partial charge in [-0.05, 0) is 41.8 Å². The molecular formula is C23H22Cl2FN3O6. The number of phenolic OH excluding ortho intramolecular Hbond substituents is 1. The van der Waals surface area contributed by atoms with E-state index < -0.39 is 34.6 Å². The monoisotopic (exact) mass is 525 g/mol. The highest BCUT2D eigenvalue weighted by molar-refractivity contribution is 6.38. The maximum atomic E-state index is 14.5. The van der Waals surface area contributed by atoms with Crippen molar-refractivity contribution in [1.29, 1.82) is 0 Å². The van der Waals surface area contributed by atoms with Gasteiger partial charge in [0.25, 0.3) is 5.69 Å². The molecule has 4 N–H and O–H groups in total. The summed E-state index contributed by atoms with van der Waals surface area (Å²) >= 11 is 12.4. The average molecular weight is 526 g/mol. The van der Waals surface area contributed by atoms with Gasteiger partial charge >= 0.3 is 0 Å². The van der Waals surface area contributed by atoms with Gasteiger partial charge in [0.05, 0.1) is 17.6 Å². The summed E-state index contributed by atoms with van der Waals surface area (Å²) in [7, 11) is 0. The lowest BCUT2D eigenvalue weighted by Gasteiger charge is -2.24. The number of phenols is 1. The molecule has 2 atom stereocenters. The summed E-state index contributed by atoms with van der Waals surface area (Å²) in [6.45, 7) is 3.13. The molecule has 9 nitrogen and oxygen atoms in total. The minimum Gasteiger partial charge on any atom is -0.508 e. The van der Waals surface area contributed by atoms with Gasteiger partial charge in [0.1, 0.15) is 27.6 Å². The molecule has 0 radical (unpaired) electrons. The number of hydrogen-bond acceptors (Lipinski definition) is 8. The summed E-state index contributed by atoms with van der Waals surface area (Å²) in [6, 6.07) is 8.39. The molecule has 0 fully saturated rings. The molecule has 3 rings (SSSR count). The largest absolute Gasteiger partial charge is 0.508 e. The van der Waals surface area contributed by atoms with Crippen molar-refractivity contribution >= 4 is 34.7 Å². The highest BCUT2D eigenvalue weighted by Crippen LogP contribution is 2.42. The second kappa shape index (κ2) is 11.0. The van der Waals surface area contributed by atoms with Crippen LogP contribution in [0.3, 0.4) is 0 Å². The molecule has 0 amide bonds. The van der Waals surface area contributed by atoms with E-state index in [1.54, 1.807) is 6.07 Å². The minimum absolute atomic E-state index is 0.0258. The standard InChI is InChI=1S/C23H22Cl2FN3O6/c1-11(2)15-9-14(7-8-17(15)31)35-21-18(24)22(26)28-23(19(21)25)27-16(10-30)20(32)12-3-5-13(6-4-12)29(33)34/h3-9,11,16,20,30-32H,10H2,1-2H3,(H,27,28). The summed E-state index contributed by atoms with van der Waals surface area (Å²) in [6.07, 6.45) is -1.35. The predicted octanol–water partition coefficient (Wildman–Crippen LogP) is 5.56. The summed E-state index contributed by atoms with van der Waals surface area (Å²) in [5.41, 5.74) is 0.680. The van der Waals surface area contributed by atoms with Crippen LogP contribution in [0.2, 0.25) is 10.0 Å². The number of rotatable bonds is 9. The summed E-state index contributed by atoms with van der Waals surface area (Å²) in [5.74, 6) is -1.35. The molecule has 2 unspecified atom stereocenters. The summed E-state index contributed by atoms with van der Waals surface area (Å²) in [5, 5.41) is 43.3. The van der Waals surface area contributed by atoms with Crippen molar-refractivity contribution < 1.29 is 29.4 Å². The lowest BCUT2D eigenvalue weighted by Crippen LogP contribution is -2.32. The SMILES string of the molecule is CC(C)c1cc(Oc2c(Cl)c(F)nc(NC(CO)C(O)c3ccc([N+](=O)[O-])cc3)c2Cl)ccc1O. The van der Waals surface area contributed by atoms with Crippen LogP contribution in [0.25, 0.3) is 0 Å². The molecule has 0 bridgehead atoms. The van der Waals surface area contributed by atoms with Crippen molar-refractivity contribution in [3.05, 3.63) is 79.7 Å². The van der Waals surface area contributed by atoms with Crippen LogP contribution < -0.4 is 10.1 Å². The predicted molar refractivity (Wildman–Crippen MR) is 129 cm³/mol. The van der Waals surface area contributed by atoms with Gasteiger partial charge in [-0.15, -0.1) is 0 Å². The Bertz CT molecular complexity index is 1230. The van der Waals surface area contributed by atoms with Gasteiger partial charge in [-0.1, -0.05) is 37.0 Å². The number of aliphatic hydroxyl groups excluding tert-OH is 2. The number of aliphatic hydroxyl groups is 2. The molecule has 186 valence electrons. The minimum atomic E-state index is -1.35. The van der Waals surface area contributed by atoms with Gasteiger partial charge in [-0.2, -0.15) is 9.37 Å². The Morgan fingerprint density at radius 3 is 2.40 bits per heavy atom. The molecule has 12 heteroatoms. The first-order chi connectivity index (χ1) is 16.5. The lowest BCUT2D eigenvalue weighted by atomic mass is 10.0. The van der Waals surface area contributed by atoms with E-state index in [1.807, 2.05) is 13.8 Å².